The van der Waals surface area contributed by atoms with Gasteiger partial charge >= 0.3 is 0 Å². The number of hydrogen-bond acceptors (Lipinski definition) is 3. The van der Waals surface area contributed by atoms with E-state index in [4.69, 9.17) is 0 Å². The summed E-state index contributed by atoms with van der Waals surface area (Å²) in [5, 5.41) is 6.29. The van der Waals surface area contributed by atoms with Gasteiger partial charge in [0, 0.05) is 32.2 Å². The summed E-state index contributed by atoms with van der Waals surface area (Å²) < 4.78 is 0. The molecule has 1 heterocycles. The summed E-state index contributed by atoms with van der Waals surface area (Å²) in [7, 11) is 0. The average Bonchev–Trinajstić information content (AvgIpc) is 2.40. The van der Waals surface area contributed by atoms with Crippen molar-refractivity contribution in [2.45, 2.75) is 19.5 Å². The van der Waals surface area contributed by atoms with E-state index in [-0.39, 0.29) is 18.3 Å². The van der Waals surface area contributed by atoms with Crippen LogP contribution in [0.1, 0.15) is 12.5 Å². The van der Waals surface area contributed by atoms with E-state index in [2.05, 4.69) is 22.5 Å². The third-order valence-electron chi connectivity index (χ3n) is 3.32. The molecule has 2 rings (SSSR count). The number of carbonyl (C=O) groups is 1. The molecule has 1 aliphatic heterocycles. The fourth-order valence-corrected chi connectivity index (χ4v) is 2.15. The molecular formula is C14H22ClN3O. The lowest BCUT2D eigenvalue weighted by atomic mass is 10.2. The van der Waals surface area contributed by atoms with Crippen LogP contribution in [0.5, 0.6) is 0 Å². The van der Waals surface area contributed by atoms with Crippen molar-refractivity contribution in [1.29, 1.82) is 0 Å². The third-order valence-corrected chi connectivity index (χ3v) is 3.32. The number of benzene rings is 1. The van der Waals surface area contributed by atoms with E-state index in [0.717, 1.165) is 25.2 Å². The topological polar surface area (TPSA) is 44.4 Å². The number of piperazine rings is 1. The minimum absolute atomic E-state index is 0. The van der Waals surface area contributed by atoms with Gasteiger partial charge in [0.05, 0.1) is 6.54 Å². The zero-order valence-corrected chi connectivity index (χ0v) is 12.1. The molecule has 1 atom stereocenters. The van der Waals surface area contributed by atoms with E-state index in [1.165, 1.54) is 0 Å². The van der Waals surface area contributed by atoms with Crippen LogP contribution in [0.15, 0.2) is 30.3 Å². The summed E-state index contributed by atoms with van der Waals surface area (Å²) in [4.78, 5) is 14.1. The molecule has 1 aromatic rings. The van der Waals surface area contributed by atoms with Crippen molar-refractivity contribution in [3.63, 3.8) is 0 Å². The highest BCUT2D eigenvalue weighted by Crippen LogP contribution is 2.02. The number of nitrogens with one attached hydrogen (secondary N) is 2. The molecule has 0 spiro atoms. The molecule has 5 heteroatoms. The van der Waals surface area contributed by atoms with Crippen LogP contribution in [0.3, 0.4) is 0 Å². The Kier molecular flexibility index (Phi) is 6.84. The van der Waals surface area contributed by atoms with Crippen LogP contribution in [0.4, 0.5) is 0 Å². The lowest BCUT2D eigenvalue weighted by Crippen LogP contribution is -2.52. The van der Waals surface area contributed by atoms with Gasteiger partial charge in [0.2, 0.25) is 5.91 Å². The normalized spacial score (nSPS) is 19.5. The number of halogens is 1. The Morgan fingerprint density at radius 1 is 1.42 bits per heavy atom. The van der Waals surface area contributed by atoms with Crippen molar-refractivity contribution in [3.05, 3.63) is 35.9 Å². The number of rotatable bonds is 4. The number of amides is 1. The molecule has 1 aromatic carbocycles. The first-order valence-electron chi connectivity index (χ1n) is 6.51. The summed E-state index contributed by atoms with van der Waals surface area (Å²) in [6.07, 6.45) is 0. The number of hydrogen-bond donors (Lipinski definition) is 2. The molecule has 4 nitrogen and oxygen atoms in total. The van der Waals surface area contributed by atoms with Gasteiger partial charge in [-0.1, -0.05) is 30.3 Å². The van der Waals surface area contributed by atoms with Gasteiger partial charge in [-0.05, 0) is 12.5 Å². The Balaban J connectivity index is 0.00000180. The van der Waals surface area contributed by atoms with E-state index in [1.807, 2.05) is 30.3 Å². The molecular weight excluding hydrogens is 262 g/mol. The largest absolute Gasteiger partial charge is 0.351 e. The Bertz CT molecular complexity index is 386. The van der Waals surface area contributed by atoms with Gasteiger partial charge in [-0.25, -0.2) is 0 Å². The van der Waals surface area contributed by atoms with Crippen LogP contribution in [0.25, 0.3) is 0 Å². The van der Waals surface area contributed by atoms with Gasteiger partial charge in [0.15, 0.2) is 0 Å². The van der Waals surface area contributed by atoms with Crippen LogP contribution in [0.2, 0.25) is 0 Å². The number of nitrogens with zero attached hydrogens (tertiary/aromatic N) is 1. The van der Waals surface area contributed by atoms with Gasteiger partial charge in [0.1, 0.15) is 0 Å². The Hall–Kier alpha value is -1.10. The Morgan fingerprint density at radius 3 is 2.84 bits per heavy atom. The molecule has 0 bridgehead atoms. The first-order chi connectivity index (χ1) is 8.75. The fourth-order valence-electron chi connectivity index (χ4n) is 2.15. The van der Waals surface area contributed by atoms with Gasteiger partial charge in [-0.3, -0.25) is 9.69 Å². The molecule has 1 unspecified atom stereocenters. The van der Waals surface area contributed by atoms with Gasteiger partial charge in [0.25, 0.3) is 0 Å². The average molecular weight is 284 g/mol. The smallest absolute Gasteiger partial charge is 0.234 e. The summed E-state index contributed by atoms with van der Waals surface area (Å²) in [5.41, 5.74) is 1.14. The van der Waals surface area contributed by atoms with Crippen molar-refractivity contribution < 1.29 is 4.79 Å². The third kappa shape index (κ3) is 5.19. The first-order valence-corrected chi connectivity index (χ1v) is 6.51. The lowest BCUT2D eigenvalue weighted by molar-refractivity contribution is -0.123. The molecule has 0 aromatic heterocycles. The molecule has 0 radical (unpaired) electrons. The fraction of sp³-hybridized carbons (Fsp3) is 0.500. The molecule has 106 valence electrons. The van der Waals surface area contributed by atoms with Crippen molar-refractivity contribution in [3.8, 4) is 0 Å². The predicted octanol–water partition coefficient (Wildman–Crippen LogP) is 1.02. The Morgan fingerprint density at radius 2 is 2.16 bits per heavy atom. The quantitative estimate of drug-likeness (QED) is 0.867. The van der Waals surface area contributed by atoms with Crippen LogP contribution >= 0.6 is 12.4 Å². The van der Waals surface area contributed by atoms with E-state index in [1.54, 1.807) is 0 Å². The van der Waals surface area contributed by atoms with Gasteiger partial charge in [-0.2, -0.15) is 0 Å². The van der Waals surface area contributed by atoms with Crippen molar-refractivity contribution in [2.75, 3.05) is 26.2 Å². The summed E-state index contributed by atoms with van der Waals surface area (Å²) in [6.45, 7) is 6.13. The zero-order valence-electron chi connectivity index (χ0n) is 11.3. The second kappa shape index (κ2) is 8.15. The molecule has 1 amide bonds. The van der Waals surface area contributed by atoms with Gasteiger partial charge < -0.3 is 10.6 Å². The maximum absolute atomic E-state index is 11.9. The Labute approximate surface area is 121 Å². The minimum atomic E-state index is 0. The molecule has 19 heavy (non-hydrogen) atoms. The standard InChI is InChI=1S/C14H21N3O.ClH/c1-12-9-15-7-8-17(12)11-14(18)16-10-13-5-3-2-4-6-13;/h2-6,12,15H,7-11H2,1H3,(H,16,18);1H. The predicted molar refractivity (Wildman–Crippen MR) is 79.4 cm³/mol. The molecule has 0 aliphatic carbocycles. The van der Waals surface area contributed by atoms with Crippen molar-refractivity contribution >= 4 is 18.3 Å². The summed E-state index contributed by atoms with van der Waals surface area (Å²) >= 11 is 0. The highest BCUT2D eigenvalue weighted by Gasteiger charge is 2.19. The van der Waals surface area contributed by atoms with Crippen LogP contribution in [0, 0.1) is 0 Å². The van der Waals surface area contributed by atoms with Crippen LogP contribution in [-0.2, 0) is 11.3 Å². The van der Waals surface area contributed by atoms with Crippen LogP contribution in [-0.4, -0.2) is 43.0 Å². The monoisotopic (exact) mass is 283 g/mol. The van der Waals surface area contributed by atoms with E-state index >= 15 is 0 Å². The van der Waals surface area contributed by atoms with Crippen LogP contribution < -0.4 is 10.6 Å². The molecule has 1 saturated heterocycles. The minimum Gasteiger partial charge on any atom is -0.351 e. The molecule has 2 N–H and O–H groups in total. The van der Waals surface area contributed by atoms with E-state index < -0.39 is 0 Å². The SMILES string of the molecule is CC1CNCCN1CC(=O)NCc1ccccc1.Cl. The highest BCUT2D eigenvalue weighted by molar-refractivity contribution is 5.85. The zero-order chi connectivity index (χ0) is 12.8. The molecule has 1 fully saturated rings. The van der Waals surface area contributed by atoms with E-state index in [9.17, 15) is 4.79 Å². The van der Waals surface area contributed by atoms with Crippen molar-refractivity contribution in [2.24, 2.45) is 0 Å². The summed E-state index contributed by atoms with van der Waals surface area (Å²) in [6, 6.07) is 10.4. The lowest BCUT2D eigenvalue weighted by Gasteiger charge is -2.33. The maximum atomic E-state index is 11.9. The van der Waals surface area contributed by atoms with E-state index in [0.29, 0.717) is 19.1 Å². The van der Waals surface area contributed by atoms with Gasteiger partial charge in [-0.15, -0.1) is 12.4 Å². The number of carbonyl (C=O) groups excluding carboxylic acids is 1. The second-order valence-electron chi connectivity index (χ2n) is 4.79. The summed E-state index contributed by atoms with van der Waals surface area (Å²) in [5.74, 6) is 0.104. The second-order valence-corrected chi connectivity index (χ2v) is 4.79. The van der Waals surface area contributed by atoms with Crippen molar-refractivity contribution in [1.82, 2.24) is 15.5 Å². The first kappa shape index (κ1) is 16.0. The highest BCUT2D eigenvalue weighted by atomic mass is 35.5. The molecule has 1 aliphatic rings. The maximum Gasteiger partial charge on any atom is 0.234 e. The molecule has 0 saturated carbocycles.